The number of benzene rings is 1. The van der Waals surface area contributed by atoms with Crippen LogP contribution in [0, 0.1) is 0 Å². The van der Waals surface area contributed by atoms with Crippen LogP contribution < -0.4 is 5.32 Å². The molecular weight excluding hydrogens is 256 g/mol. The summed E-state index contributed by atoms with van der Waals surface area (Å²) >= 11 is 0. The molecule has 0 aliphatic carbocycles. The first-order valence-electron chi connectivity index (χ1n) is 7.09. The van der Waals surface area contributed by atoms with Gasteiger partial charge in [-0.3, -0.25) is 0 Å². The zero-order valence-corrected chi connectivity index (χ0v) is 11.8. The summed E-state index contributed by atoms with van der Waals surface area (Å²) in [5.74, 6) is 0. The monoisotopic (exact) mass is 278 g/mol. The van der Waals surface area contributed by atoms with Gasteiger partial charge in [-0.05, 0) is 37.5 Å². The number of nitrogens with one attached hydrogen (secondary N) is 1. The summed E-state index contributed by atoms with van der Waals surface area (Å²) in [4.78, 5) is 13.9. The number of hydrogen-bond acceptors (Lipinski definition) is 3. The van der Waals surface area contributed by atoms with Crippen LogP contribution in [0.25, 0.3) is 0 Å². The van der Waals surface area contributed by atoms with Crippen molar-refractivity contribution < 1.29 is 14.6 Å². The van der Waals surface area contributed by atoms with Crippen molar-refractivity contribution in [3.8, 4) is 0 Å². The number of ether oxygens (including phenoxy) is 1. The van der Waals surface area contributed by atoms with E-state index in [0.29, 0.717) is 19.8 Å². The maximum atomic E-state index is 12.2. The first-order chi connectivity index (χ1) is 9.74. The largest absolute Gasteiger partial charge is 0.394 e. The van der Waals surface area contributed by atoms with Gasteiger partial charge in [0.1, 0.15) is 0 Å². The second-order valence-corrected chi connectivity index (χ2v) is 4.94. The number of likely N-dealkylation sites (tertiary alicyclic amines) is 1. The molecular formula is C15H22N2O3. The number of amides is 2. The Balaban J connectivity index is 1.97. The molecule has 1 atom stereocenters. The lowest BCUT2D eigenvalue weighted by atomic mass is 10.2. The molecule has 1 fully saturated rings. The molecule has 0 bridgehead atoms. The van der Waals surface area contributed by atoms with E-state index >= 15 is 0 Å². The van der Waals surface area contributed by atoms with Crippen LogP contribution >= 0.6 is 0 Å². The lowest BCUT2D eigenvalue weighted by Crippen LogP contribution is -2.40. The highest BCUT2D eigenvalue weighted by Gasteiger charge is 2.27. The third-order valence-corrected chi connectivity index (χ3v) is 3.50. The van der Waals surface area contributed by atoms with Gasteiger partial charge in [0.2, 0.25) is 0 Å². The molecule has 0 unspecified atom stereocenters. The van der Waals surface area contributed by atoms with Gasteiger partial charge in [-0.1, -0.05) is 12.1 Å². The summed E-state index contributed by atoms with van der Waals surface area (Å²) in [7, 11) is 0. The summed E-state index contributed by atoms with van der Waals surface area (Å²) < 4.78 is 5.36. The first-order valence-corrected chi connectivity index (χ1v) is 7.09. The molecule has 0 saturated carbocycles. The van der Waals surface area contributed by atoms with Crippen LogP contribution in [0.2, 0.25) is 0 Å². The predicted molar refractivity (Wildman–Crippen MR) is 77.6 cm³/mol. The summed E-state index contributed by atoms with van der Waals surface area (Å²) in [5.41, 5.74) is 1.79. The Labute approximate surface area is 119 Å². The minimum atomic E-state index is -0.143. The molecule has 1 aromatic rings. The molecule has 0 aromatic heterocycles. The normalized spacial score (nSPS) is 18.3. The van der Waals surface area contributed by atoms with Gasteiger partial charge in [-0.15, -0.1) is 0 Å². The highest BCUT2D eigenvalue weighted by atomic mass is 16.5. The standard InChI is InChI=1S/C15H22N2O3/c1-2-20-11-12-5-3-6-13(9-12)16-15(19)17-8-4-7-14(17)10-18/h3,5-6,9,14,18H,2,4,7-8,10-11H2,1H3,(H,16,19)/t14-/m0/s1. The Kier molecular flexibility index (Phi) is 5.38. The summed E-state index contributed by atoms with van der Waals surface area (Å²) in [6, 6.07) is 7.45. The SMILES string of the molecule is CCOCc1cccc(NC(=O)N2CCC[C@H]2CO)c1. The van der Waals surface area contributed by atoms with Gasteiger partial charge in [-0.25, -0.2) is 4.79 Å². The zero-order chi connectivity index (χ0) is 14.4. The van der Waals surface area contributed by atoms with E-state index in [1.54, 1.807) is 4.90 Å². The van der Waals surface area contributed by atoms with Gasteiger partial charge in [0.25, 0.3) is 0 Å². The summed E-state index contributed by atoms with van der Waals surface area (Å²) in [6.07, 6.45) is 1.82. The maximum absolute atomic E-state index is 12.2. The Morgan fingerprint density at radius 2 is 2.40 bits per heavy atom. The number of rotatable bonds is 5. The third kappa shape index (κ3) is 3.71. The van der Waals surface area contributed by atoms with Crippen LogP contribution in [-0.2, 0) is 11.3 Å². The minimum Gasteiger partial charge on any atom is -0.394 e. The molecule has 1 aromatic carbocycles. The summed E-state index contributed by atoms with van der Waals surface area (Å²) in [5, 5.41) is 12.1. The van der Waals surface area contributed by atoms with E-state index in [1.807, 2.05) is 31.2 Å². The molecule has 1 heterocycles. The van der Waals surface area contributed by atoms with Gasteiger partial charge >= 0.3 is 6.03 Å². The van der Waals surface area contributed by atoms with Gasteiger partial charge in [-0.2, -0.15) is 0 Å². The second-order valence-electron chi connectivity index (χ2n) is 4.94. The highest BCUT2D eigenvalue weighted by Crippen LogP contribution is 2.19. The van der Waals surface area contributed by atoms with E-state index < -0.39 is 0 Å². The van der Waals surface area contributed by atoms with Gasteiger partial charge < -0.3 is 20.1 Å². The van der Waals surface area contributed by atoms with E-state index in [2.05, 4.69) is 5.32 Å². The fourth-order valence-corrected chi connectivity index (χ4v) is 2.45. The molecule has 110 valence electrons. The number of carbonyl (C=O) groups is 1. The molecule has 5 heteroatoms. The molecule has 5 nitrogen and oxygen atoms in total. The fourth-order valence-electron chi connectivity index (χ4n) is 2.45. The van der Waals surface area contributed by atoms with E-state index in [-0.39, 0.29) is 18.7 Å². The van der Waals surface area contributed by atoms with Crippen molar-refractivity contribution in [2.24, 2.45) is 0 Å². The molecule has 2 amide bonds. The average molecular weight is 278 g/mol. The second kappa shape index (κ2) is 7.26. The highest BCUT2D eigenvalue weighted by molar-refractivity contribution is 5.89. The van der Waals surface area contributed by atoms with Crippen LogP contribution in [0.15, 0.2) is 24.3 Å². The van der Waals surface area contributed by atoms with E-state index in [9.17, 15) is 9.90 Å². The van der Waals surface area contributed by atoms with Crippen LogP contribution in [0.5, 0.6) is 0 Å². The van der Waals surface area contributed by atoms with Gasteiger partial charge in [0, 0.05) is 18.8 Å². The van der Waals surface area contributed by atoms with Gasteiger partial charge in [0.05, 0.1) is 19.3 Å². The number of aliphatic hydroxyl groups excluding tert-OH is 1. The molecule has 2 rings (SSSR count). The molecule has 1 saturated heterocycles. The third-order valence-electron chi connectivity index (χ3n) is 3.50. The number of anilines is 1. The number of urea groups is 1. The van der Waals surface area contributed by atoms with Crippen molar-refractivity contribution in [2.75, 3.05) is 25.1 Å². The Hall–Kier alpha value is -1.59. The molecule has 20 heavy (non-hydrogen) atoms. The van der Waals surface area contributed by atoms with Crippen LogP contribution in [0.3, 0.4) is 0 Å². The predicted octanol–water partition coefficient (Wildman–Crippen LogP) is 2.21. The molecule has 2 N–H and O–H groups in total. The van der Waals surface area contributed by atoms with E-state index in [0.717, 1.165) is 24.1 Å². The van der Waals surface area contributed by atoms with E-state index in [1.165, 1.54) is 0 Å². The Bertz CT molecular complexity index is 450. The first kappa shape index (κ1) is 14.8. The zero-order valence-electron chi connectivity index (χ0n) is 11.8. The molecule has 1 aliphatic rings. The number of hydrogen-bond donors (Lipinski definition) is 2. The number of nitrogens with zero attached hydrogens (tertiary/aromatic N) is 1. The quantitative estimate of drug-likeness (QED) is 0.868. The lowest BCUT2D eigenvalue weighted by molar-refractivity contribution is 0.134. The van der Waals surface area contributed by atoms with Gasteiger partial charge in [0.15, 0.2) is 0 Å². The number of aliphatic hydroxyl groups is 1. The number of carbonyl (C=O) groups excluding carboxylic acids is 1. The van der Waals surface area contributed by atoms with Crippen molar-refractivity contribution in [1.29, 1.82) is 0 Å². The van der Waals surface area contributed by atoms with E-state index in [4.69, 9.17) is 4.74 Å². The van der Waals surface area contributed by atoms with Crippen molar-refractivity contribution >= 4 is 11.7 Å². The van der Waals surface area contributed by atoms with Crippen molar-refractivity contribution in [3.05, 3.63) is 29.8 Å². The van der Waals surface area contributed by atoms with Crippen LogP contribution in [-0.4, -0.2) is 41.8 Å². The minimum absolute atomic E-state index is 0.0256. The fraction of sp³-hybridized carbons (Fsp3) is 0.533. The van der Waals surface area contributed by atoms with Crippen molar-refractivity contribution in [2.45, 2.75) is 32.4 Å². The Morgan fingerprint density at radius 1 is 1.55 bits per heavy atom. The molecule has 1 aliphatic heterocycles. The Morgan fingerprint density at radius 3 is 3.15 bits per heavy atom. The summed E-state index contributed by atoms with van der Waals surface area (Å²) in [6.45, 7) is 3.90. The van der Waals surface area contributed by atoms with Crippen molar-refractivity contribution in [1.82, 2.24) is 4.90 Å². The van der Waals surface area contributed by atoms with Crippen LogP contribution in [0.1, 0.15) is 25.3 Å². The topological polar surface area (TPSA) is 61.8 Å². The maximum Gasteiger partial charge on any atom is 0.322 e. The average Bonchev–Trinajstić information content (AvgIpc) is 2.94. The molecule has 0 spiro atoms. The smallest absolute Gasteiger partial charge is 0.322 e. The van der Waals surface area contributed by atoms with Crippen LogP contribution in [0.4, 0.5) is 10.5 Å². The molecule has 0 radical (unpaired) electrons. The lowest BCUT2D eigenvalue weighted by Gasteiger charge is -2.23. The van der Waals surface area contributed by atoms with Crippen molar-refractivity contribution in [3.63, 3.8) is 0 Å².